The van der Waals surface area contributed by atoms with Crippen molar-refractivity contribution in [2.24, 2.45) is 0 Å². The summed E-state index contributed by atoms with van der Waals surface area (Å²) in [4.78, 5) is 15.5. The van der Waals surface area contributed by atoms with Crippen molar-refractivity contribution < 1.29 is 0 Å². The van der Waals surface area contributed by atoms with Crippen molar-refractivity contribution in [1.29, 1.82) is 0 Å². The van der Waals surface area contributed by atoms with Crippen LogP contribution in [0, 0.1) is 0 Å². The molecular weight excluding hydrogens is 226 g/mol. The van der Waals surface area contributed by atoms with Gasteiger partial charge >= 0.3 is 0 Å². The number of aromatic nitrogens is 4. The molecule has 0 aromatic carbocycles. The molecule has 1 unspecified atom stereocenters. The number of anilines is 1. The van der Waals surface area contributed by atoms with Crippen molar-refractivity contribution in [3.8, 4) is 0 Å². The minimum Gasteiger partial charge on any atom is -0.363 e. The number of rotatable bonds is 3. The summed E-state index contributed by atoms with van der Waals surface area (Å²) >= 11 is 0. The molecule has 2 N–H and O–H groups in total. The van der Waals surface area contributed by atoms with Crippen LogP contribution in [0.3, 0.4) is 0 Å². The first-order chi connectivity index (χ1) is 8.84. The van der Waals surface area contributed by atoms with Gasteiger partial charge in [-0.15, -0.1) is 0 Å². The SMILES string of the molecule is CC(Nc1ncnc2[nH]ccc12)c1ccncc1. The lowest BCUT2D eigenvalue weighted by Gasteiger charge is -2.14. The molecule has 18 heavy (non-hydrogen) atoms. The predicted octanol–water partition coefficient (Wildman–Crippen LogP) is 2.53. The molecule has 5 nitrogen and oxygen atoms in total. The van der Waals surface area contributed by atoms with E-state index in [4.69, 9.17) is 0 Å². The fraction of sp³-hybridized carbons (Fsp3) is 0.154. The van der Waals surface area contributed by atoms with Crippen LogP contribution < -0.4 is 5.32 Å². The minimum absolute atomic E-state index is 0.168. The van der Waals surface area contributed by atoms with E-state index in [1.165, 1.54) is 5.56 Å². The van der Waals surface area contributed by atoms with Crippen LogP contribution in [-0.2, 0) is 0 Å². The third kappa shape index (κ3) is 1.90. The van der Waals surface area contributed by atoms with Crippen LogP contribution in [0.25, 0.3) is 11.0 Å². The Balaban J connectivity index is 1.91. The standard InChI is InChI=1S/C13H13N5/c1-9(10-2-5-14-6-3-10)18-13-11-4-7-15-12(11)16-8-17-13/h2-9H,1H3,(H2,15,16,17,18). The predicted molar refractivity (Wildman–Crippen MR) is 70.2 cm³/mol. The summed E-state index contributed by atoms with van der Waals surface area (Å²) in [6.07, 6.45) is 7.00. The highest BCUT2D eigenvalue weighted by molar-refractivity contribution is 5.86. The van der Waals surface area contributed by atoms with Crippen molar-refractivity contribution >= 4 is 16.9 Å². The summed E-state index contributed by atoms with van der Waals surface area (Å²) in [5.41, 5.74) is 2.02. The molecule has 0 aliphatic rings. The van der Waals surface area contributed by atoms with E-state index in [9.17, 15) is 0 Å². The number of aromatic amines is 1. The number of pyridine rings is 1. The molecule has 3 aromatic heterocycles. The third-order valence-electron chi connectivity index (χ3n) is 2.91. The van der Waals surface area contributed by atoms with Gasteiger partial charge in [0.1, 0.15) is 17.8 Å². The van der Waals surface area contributed by atoms with Crippen LogP contribution in [0.2, 0.25) is 0 Å². The Kier molecular flexibility index (Phi) is 2.64. The number of fused-ring (bicyclic) bond motifs is 1. The quantitative estimate of drug-likeness (QED) is 0.737. The number of nitrogens with zero attached hydrogens (tertiary/aromatic N) is 3. The van der Waals surface area contributed by atoms with Crippen molar-refractivity contribution in [2.45, 2.75) is 13.0 Å². The zero-order valence-electron chi connectivity index (χ0n) is 9.96. The number of hydrogen-bond donors (Lipinski definition) is 2. The van der Waals surface area contributed by atoms with Crippen molar-refractivity contribution in [3.63, 3.8) is 0 Å². The van der Waals surface area contributed by atoms with Crippen LogP contribution in [0.15, 0.2) is 43.1 Å². The summed E-state index contributed by atoms with van der Waals surface area (Å²) < 4.78 is 0. The third-order valence-corrected chi connectivity index (χ3v) is 2.91. The van der Waals surface area contributed by atoms with Gasteiger partial charge in [-0.2, -0.15) is 0 Å². The molecule has 0 radical (unpaired) electrons. The Morgan fingerprint density at radius 1 is 1.17 bits per heavy atom. The van der Waals surface area contributed by atoms with Crippen LogP contribution in [0.1, 0.15) is 18.5 Å². The average Bonchev–Trinajstić information content (AvgIpc) is 2.89. The first kappa shape index (κ1) is 10.7. The van der Waals surface area contributed by atoms with Gasteiger partial charge in [-0.3, -0.25) is 4.98 Å². The Morgan fingerprint density at radius 2 is 2.00 bits per heavy atom. The molecule has 0 saturated heterocycles. The smallest absolute Gasteiger partial charge is 0.142 e. The van der Waals surface area contributed by atoms with Gasteiger partial charge in [0.2, 0.25) is 0 Å². The molecule has 90 valence electrons. The number of H-pyrrole nitrogens is 1. The Bertz CT molecular complexity index is 647. The minimum atomic E-state index is 0.168. The molecule has 0 bridgehead atoms. The van der Waals surface area contributed by atoms with Crippen LogP contribution in [-0.4, -0.2) is 19.9 Å². The molecule has 5 heteroatoms. The van der Waals surface area contributed by atoms with Gasteiger partial charge in [-0.25, -0.2) is 9.97 Å². The second kappa shape index (κ2) is 4.44. The van der Waals surface area contributed by atoms with E-state index in [0.717, 1.165) is 16.9 Å². The van der Waals surface area contributed by atoms with Gasteiger partial charge in [-0.05, 0) is 30.7 Å². The first-order valence-corrected chi connectivity index (χ1v) is 5.79. The van der Waals surface area contributed by atoms with E-state index < -0.39 is 0 Å². The second-order valence-electron chi connectivity index (χ2n) is 4.11. The fourth-order valence-corrected chi connectivity index (χ4v) is 1.93. The van der Waals surface area contributed by atoms with E-state index in [2.05, 4.69) is 32.2 Å². The summed E-state index contributed by atoms with van der Waals surface area (Å²) in [5, 5.41) is 4.39. The molecule has 3 rings (SSSR count). The number of hydrogen-bond acceptors (Lipinski definition) is 4. The van der Waals surface area contributed by atoms with E-state index in [1.54, 1.807) is 18.7 Å². The van der Waals surface area contributed by atoms with E-state index >= 15 is 0 Å². The van der Waals surface area contributed by atoms with Gasteiger partial charge in [0.05, 0.1) is 11.4 Å². The summed E-state index contributed by atoms with van der Waals surface area (Å²) in [6.45, 7) is 2.09. The second-order valence-corrected chi connectivity index (χ2v) is 4.11. The van der Waals surface area contributed by atoms with Crippen molar-refractivity contribution in [2.75, 3.05) is 5.32 Å². The summed E-state index contributed by atoms with van der Waals surface area (Å²) in [6, 6.07) is 6.12. The normalized spacial score (nSPS) is 12.5. The molecule has 3 aromatic rings. The van der Waals surface area contributed by atoms with E-state index in [1.807, 2.05) is 24.4 Å². The fourth-order valence-electron chi connectivity index (χ4n) is 1.93. The lowest BCUT2D eigenvalue weighted by Crippen LogP contribution is -2.08. The zero-order valence-corrected chi connectivity index (χ0v) is 9.96. The molecular formula is C13H13N5. The van der Waals surface area contributed by atoms with Gasteiger partial charge in [0.15, 0.2) is 0 Å². The number of nitrogens with one attached hydrogen (secondary N) is 2. The van der Waals surface area contributed by atoms with Crippen LogP contribution in [0.5, 0.6) is 0 Å². The average molecular weight is 239 g/mol. The maximum atomic E-state index is 4.29. The highest BCUT2D eigenvalue weighted by atomic mass is 15.0. The van der Waals surface area contributed by atoms with Gasteiger partial charge in [-0.1, -0.05) is 0 Å². The highest BCUT2D eigenvalue weighted by Crippen LogP contribution is 2.22. The molecule has 0 aliphatic carbocycles. The maximum absolute atomic E-state index is 4.29. The molecule has 0 amide bonds. The van der Waals surface area contributed by atoms with E-state index in [-0.39, 0.29) is 6.04 Å². The molecule has 1 atom stereocenters. The van der Waals surface area contributed by atoms with E-state index in [0.29, 0.717) is 0 Å². The van der Waals surface area contributed by atoms with Crippen molar-refractivity contribution in [3.05, 3.63) is 48.7 Å². The largest absolute Gasteiger partial charge is 0.363 e. The van der Waals surface area contributed by atoms with Crippen LogP contribution >= 0.6 is 0 Å². The Morgan fingerprint density at radius 3 is 2.83 bits per heavy atom. The molecule has 0 aliphatic heterocycles. The Labute approximate surface area is 104 Å². The molecule has 0 fully saturated rings. The molecule has 0 spiro atoms. The van der Waals surface area contributed by atoms with Gasteiger partial charge < -0.3 is 10.3 Å². The zero-order chi connectivity index (χ0) is 12.4. The topological polar surface area (TPSA) is 66.5 Å². The highest BCUT2D eigenvalue weighted by Gasteiger charge is 2.09. The monoisotopic (exact) mass is 239 g/mol. The lowest BCUT2D eigenvalue weighted by molar-refractivity contribution is 0.872. The van der Waals surface area contributed by atoms with Gasteiger partial charge in [0, 0.05) is 18.6 Å². The molecule has 0 saturated carbocycles. The van der Waals surface area contributed by atoms with Crippen molar-refractivity contribution in [1.82, 2.24) is 19.9 Å². The Hall–Kier alpha value is -2.43. The maximum Gasteiger partial charge on any atom is 0.142 e. The summed E-state index contributed by atoms with van der Waals surface area (Å²) in [5.74, 6) is 0.838. The molecule has 3 heterocycles. The first-order valence-electron chi connectivity index (χ1n) is 5.79. The van der Waals surface area contributed by atoms with Gasteiger partial charge in [0.25, 0.3) is 0 Å². The summed E-state index contributed by atoms with van der Waals surface area (Å²) in [7, 11) is 0. The lowest BCUT2D eigenvalue weighted by atomic mass is 10.1. The van der Waals surface area contributed by atoms with Crippen LogP contribution in [0.4, 0.5) is 5.82 Å².